The van der Waals surface area contributed by atoms with Gasteiger partial charge in [-0.2, -0.15) is 0 Å². The summed E-state index contributed by atoms with van der Waals surface area (Å²) in [5, 5.41) is 2.84. The van der Waals surface area contributed by atoms with Crippen molar-refractivity contribution in [3.63, 3.8) is 0 Å². The van der Waals surface area contributed by atoms with Gasteiger partial charge in [0.1, 0.15) is 0 Å². The van der Waals surface area contributed by atoms with E-state index in [9.17, 15) is 4.79 Å². The van der Waals surface area contributed by atoms with E-state index in [0.29, 0.717) is 6.42 Å². The maximum Gasteiger partial charge on any atom is 0.219 e. The van der Waals surface area contributed by atoms with Crippen LogP contribution in [0, 0.1) is 0 Å². The number of nitrogens with one attached hydrogen (secondary N) is 1. The molecular formula is C9H21ClN2O. The molecule has 0 heterocycles. The highest BCUT2D eigenvalue weighted by molar-refractivity contribution is 5.85. The molecule has 0 fully saturated rings. The minimum absolute atomic E-state index is 0. The molecule has 4 heteroatoms. The molecule has 80 valence electrons. The van der Waals surface area contributed by atoms with Crippen molar-refractivity contribution in [1.82, 2.24) is 5.32 Å². The Morgan fingerprint density at radius 1 is 1.31 bits per heavy atom. The fraction of sp³-hybridized carbons (Fsp3) is 0.889. The highest BCUT2D eigenvalue weighted by Gasteiger charge is 1.98. The summed E-state index contributed by atoms with van der Waals surface area (Å²) in [5.74, 6) is 0.175. The minimum atomic E-state index is 0. The lowest BCUT2D eigenvalue weighted by molar-refractivity contribution is -0.121. The van der Waals surface area contributed by atoms with Gasteiger partial charge in [0, 0.05) is 13.0 Å². The molecule has 13 heavy (non-hydrogen) atoms. The number of hydrogen-bond acceptors (Lipinski definition) is 2. The summed E-state index contributed by atoms with van der Waals surface area (Å²) in [6, 6.07) is 0. The van der Waals surface area contributed by atoms with Gasteiger partial charge in [-0.3, -0.25) is 4.79 Å². The number of amides is 1. The van der Waals surface area contributed by atoms with E-state index in [2.05, 4.69) is 12.2 Å². The first-order chi connectivity index (χ1) is 5.81. The van der Waals surface area contributed by atoms with Gasteiger partial charge in [0.05, 0.1) is 0 Å². The van der Waals surface area contributed by atoms with Crippen LogP contribution in [-0.4, -0.2) is 19.0 Å². The average Bonchev–Trinajstić information content (AvgIpc) is 2.09. The van der Waals surface area contributed by atoms with Crippen LogP contribution in [0.5, 0.6) is 0 Å². The summed E-state index contributed by atoms with van der Waals surface area (Å²) in [5.41, 5.74) is 5.33. The van der Waals surface area contributed by atoms with Crippen molar-refractivity contribution in [3.05, 3.63) is 0 Å². The Bertz CT molecular complexity index is 120. The molecule has 3 N–H and O–H groups in total. The largest absolute Gasteiger partial charge is 0.356 e. The minimum Gasteiger partial charge on any atom is -0.356 e. The molecule has 0 aliphatic heterocycles. The molecule has 3 nitrogen and oxygen atoms in total. The second-order valence-electron chi connectivity index (χ2n) is 2.95. The van der Waals surface area contributed by atoms with Crippen molar-refractivity contribution in [2.75, 3.05) is 13.1 Å². The maximum absolute atomic E-state index is 11.0. The van der Waals surface area contributed by atoms with Crippen LogP contribution < -0.4 is 11.1 Å². The highest BCUT2D eigenvalue weighted by atomic mass is 35.5. The molecule has 0 rings (SSSR count). The van der Waals surface area contributed by atoms with Crippen LogP contribution >= 0.6 is 12.4 Å². The zero-order valence-electron chi connectivity index (χ0n) is 8.34. The Morgan fingerprint density at radius 3 is 2.54 bits per heavy atom. The lowest BCUT2D eigenvalue weighted by Crippen LogP contribution is -2.23. The van der Waals surface area contributed by atoms with Gasteiger partial charge in [-0.1, -0.05) is 13.3 Å². The lowest BCUT2D eigenvalue weighted by atomic mass is 10.2. The summed E-state index contributed by atoms with van der Waals surface area (Å²) in [4.78, 5) is 11.0. The van der Waals surface area contributed by atoms with Gasteiger partial charge in [0.25, 0.3) is 0 Å². The second kappa shape index (κ2) is 11.7. The SMILES string of the molecule is CCCNC(=O)CCCCCN.Cl. The van der Waals surface area contributed by atoms with Crippen molar-refractivity contribution in [1.29, 1.82) is 0 Å². The van der Waals surface area contributed by atoms with Crippen LogP contribution in [0.1, 0.15) is 39.0 Å². The monoisotopic (exact) mass is 208 g/mol. The summed E-state index contributed by atoms with van der Waals surface area (Å²) in [6.45, 7) is 3.58. The predicted octanol–water partition coefficient (Wildman–Crippen LogP) is 1.45. The number of halogens is 1. The molecule has 1 amide bonds. The number of rotatable bonds is 7. The summed E-state index contributed by atoms with van der Waals surface area (Å²) in [7, 11) is 0. The smallest absolute Gasteiger partial charge is 0.219 e. The van der Waals surface area contributed by atoms with E-state index in [-0.39, 0.29) is 18.3 Å². The topological polar surface area (TPSA) is 55.1 Å². The first kappa shape index (κ1) is 15.2. The molecule has 0 aliphatic carbocycles. The van der Waals surface area contributed by atoms with Gasteiger partial charge in [-0.05, 0) is 25.8 Å². The van der Waals surface area contributed by atoms with Gasteiger partial charge in [0.15, 0.2) is 0 Å². The Kier molecular flexibility index (Phi) is 13.7. The lowest BCUT2D eigenvalue weighted by Gasteiger charge is -2.02. The van der Waals surface area contributed by atoms with Crippen molar-refractivity contribution in [2.24, 2.45) is 5.73 Å². The van der Waals surface area contributed by atoms with Gasteiger partial charge in [0.2, 0.25) is 5.91 Å². The zero-order valence-corrected chi connectivity index (χ0v) is 9.16. The Hall–Kier alpha value is -0.280. The Labute approximate surface area is 86.9 Å². The number of carbonyl (C=O) groups is 1. The normalized spacial score (nSPS) is 9.08. The first-order valence-corrected chi connectivity index (χ1v) is 4.78. The van der Waals surface area contributed by atoms with E-state index in [4.69, 9.17) is 5.73 Å². The van der Waals surface area contributed by atoms with E-state index in [1.165, 1.54) is 0 Å². The number of unbranched alkanes of at least 4 members (excludes halogenated alkanes) is 2. The number of hydrogen-bond donors (Lipinski definition) is 2. The fourth-order valence-electron chi connectivity index (χ4n) is 0.959. The number of nitrogens with two attached hydrogens (primary N) is 1. The molecule has 0 atom stereocenters. The second-order valence-corrected chi connectivity index (χ2v) is 2.95. The van der Waals surface area contributed by atoms with Crippen LogP contribution in [0.4, 0.5) is 0 Å². The summed E-state index contributed by atoms with van der Waals surface area (Å²) >= 11 is 0. The molecule has 0 spiro atoms. The summed E-state index contributed by atoms with van der Waals surface area (Å²) in [6.07, 6.45) is 4.72. The van der Waals surface area contributed by atoms with Crippen LogP contribution in [-0.2, 0) is 4.79 Å². The molecule has 0 unspecified atom stereocenters. The molecule has 0 aliphatic rings. The molecule has 0 aromatic heterocycles. The molecule has 0 aromatic carbocycles. The third kappa shape index (κ3) is 11.7. The first-order valence-electron chi connectivity index (χ1n) is 4.78. The van der Waals surface area contributed by atoms with E-state index in [1.54, 1.807) is 0 Å². The zero-order chi connectivity index (χ0) is 9.23. The van der Waals surface area contributed by atoms with Crippen molar-refractivity contribution >= 4 is 18.3 Å². The van der Waals surface area contributed by atoms with E-state index in [0.717, 1.165) is 38.8 Å². The Balaban J connectivity index is 0. The third-order valence-electron chi connectivity index (χ3n) is 1.68. The van der Waals surface area contributed by atoms with E-state index >= 15 is 0 Å². The average molecular weight is 209 g/mol. The van der Waals surface area contributed by atoms with Crippen molar-refractivity contribution in [3.8, 4) is 0 Å². The van der Waals surface area contributed by atoms with E-state index in [1.807, 2.05) is 0 Å². The molecule has 0 saturated carbocycles. The standard InChI is InChI=1S/C9H20N2O.ClH/c1-2-8-11-9(12)6-4-3-5-7-10;/h2-8,10H2,1H3,(H,11,12);1H. The predicted molar refractivity (Wildman–Crippen MR) is 58.1 cm³/mol. The molecule has 0 radical (unpaired) electrons. The van der Waals surface area contributed by atoms with Gasteiger partial charge in [-0.15, -0.1) is 12.4 Å². The van der Waals surface area contributed by atoms with E-state index < -0.39 is 0 Å². The number of carbonyl (C=O) groups excluding carboxylic acids is 1. The highest BCUT2D eigenvalue weighted by Crippen LogP contribution is 1.97. The van der Waals surface area contributed by atoms with Crippen molar-refractivity contribution in [2.45, 2.75) is 39.0 Å². The van der Waals surface area contributed by atoms with Gasteiger partial charge in [-0.25, -0.2) is 0 Å². The van der Waals surface area contributed by atoms with Gasteiger partial charge < -0.3 is 11.1 Å². The van der Waals surface area contributed by atoms with Crippen molar-refractivity contribution < 1.29 is 4.79 Å². The Morgan fingerprint density at radius 2 is 2.00 bits per heavy atom. The quantitative estimate of drug-likeness (QED) is 0.623. The van der Waals surface area contributed by atoms with Crippen LogP contribution in [0.15, 0.2) is 0 Å². The van der Waals surface area contributed by atoms with Crippen LogP contribution in [0.2, 0.25) is 0 Å². The molecule has 0 aromatic rings. The molecular weight excluding hydrogens is 188 g/mol. The third-order valence-corrected chi connectivity index (χ3v) is 1.68. The van der Waals surface area contributed by atoms with Gasteiger partial charge >= 0.3 is 0 Å². The molecule has 0 bridgehead atoms. The maximum atomic E-state index is 11.0. The fourth-order valence-corrected chi connectivity index (χ4v) is 0.959. The van der Waals surface area contributed by atoms with Crippen LogP contribution in [0.25, 0.3) is 0 Å². The molecule has 0 saturated heterocycles. The summed E-state index contributed by atoms with van der Waals surface area (Å²) < 4.78 is 0. The van der Waals surface area contributed by atoms with Crippen LogP contribution in [0.3, 0.4) is 0 Å².